The van der Waals surface area contributed by atoms with Crippen molar-refractivity contribution in [3.8, 4) is 17.2 Å². The molecule has 0 radical (unpaired) electrons. The molecule has 2 aromatic carbocycles. The van der Waals surface area contributed by atoms with Gasteiger partial charge in [-0.15, -0.1) is 0 Å². The Morgan fingerprint density at radius 2 is 1.57 bits per heavy atom. The SMILES string of the molecule is COc1ccc(Oc2cccc(C(=O)[P+](O)(O)O)c2)cc1. The van der Waals surface area contributed by atoms with E-state index in [-0.39, 0.29) is 5.56 Å². The lowest BCUT2D eigenvalue weighted by Gasteiger charge is -2.08. The topological polar surface area (TPSA) is 96.2 Å². The number of hydrogen-bond acceptors (Lipinski definition) is 6. The van der Waals surface area contributed by atoms with Crippen LogP contribution in [0.5, 0.6) is 17.2 Å². The Hall–Kier alpha value is -1.98. The van der Waals surface area contributed by atoms with Crippen LogP contribution in [0.15, 0.2) is 48.5 Å². The third-order valence-electron chi connectivity index (χ3n) is 2.65. The van der Waals surface area contributed by atoms with Gasteiger partial charge in [-0.25, -0.2) is 4.79 Å². The summed E-state index contributed by atoms with van der Waals surface area (Å²) in [5.41, 5.74) is -1.16. The number of methoxy groups -OCH3 is 1. The molecule has 0 fully saturated rings. The summed E-state index contributed by atoms with van der Waals surface area (Å²) >= 11 is 0. The third kappa shape index (κ3) is 4.00. The van der Waals surface area contributed by atoms with Crippen LogP contribution in [-0.2, 0) is 0 Å². The van der Waals surface area contributed by atoms with Crippen LogP contribution >= 0.6 is 7.94 Å². The molecule has 2 aromatic rings. The first-order valence-corrected chi connectivity index (χ1v) is 7.59. The van der Waals surface area contributed by atoms with Crippen molar-refractivity contribution in [2.24, 2.45) is 0 Å². The van der Waals surface area contributed by atoms with Gasteiger partial charge in [0.1, 0.15) is 17.2 Å². The Morgan fingerprint density at radius 1 is 0.952 bits per heavy atom. The lowest BCUT2D eigenvalue weighted by Crippen LogP contribution is -2.05. The maximum atomic E-state index is 11.6. The van der Waals surface area contributed by atoms with Crippen molar-refractivity contribution in [1.82, 2.24) is 0 Å². The lowest BCUT2D eigenvalue weighted by molar-refractivity contribution is 0.102. The molecule has 0 saturated carbocycles. The number of hydrogen-bond donors (Lipinski definition) is 3. The second-order valence-corrected chi connectivity index (χ2v) is 5.72. The van der Waals surface area contributed by atoms with Gasteiger partial charge in [-0.05, 0) is 42.5 Å². The highest BCUT2D eigenvalue weighted by Gasteiger charge is 2.43. The molecule has 0 heterocycles. The largest absolute Gasteiger partial charge is 0.497 e. The van der Waals surface area contributed by atoms with E-state index in [0.29, 0.717) is 17.2 Å². The van der Waals surface area contributed by atoms with Crippen LogP contribution in [0.2, 0.25) is 0 Å². The zero-order valence-electron chi connectivity index (χ0n) is 11.1. The number of carbonyl (C=O) groups is 1. The molecular weight excluding hydrogens is 295 g/mol. The Balaban J connectivity index is 2.19. The Labute approximate surface area is 121 Å². The molecule has 0 aliphatic rings. The summed E-state index contributed by atoms with van der Waals surface area (Å²) in [5, 5.41) is 0. The zero-order chi connectivity index (χ0) is 15.5. The van der Waals surface area contributed by atoms with Crippen LogP contribution in [0, 0.1) is 0 Å². The summed E-state index contributed by atoms with van der Waals surface area (Å²) in [6.45, 7) is 0. The van der Waals surface area contributed by atoms with E-state index < -0.39 is 13.5 Å². The fourth-order valence-corrected chi connectivity index (χ4v) is 2.13. The average Bonchev–Trinajstić information content (AvgIpc) is 2.46. The molecule has 7 heteroatoms. The van der Waals surface area contributed by atoms with E-state index in [1.54, 1.807) is 37.4 Å². The molecule has 0 aliphatic heterocycles. The summed E-state index contributed by atoms with van der Waals surface area (Å²) in [4.78, 5) is 38.6. The first kappa shape index (κ1) is 15.4. The fourth-order valence-electron chi connectivity index (χ4n) is 1.65. The van der Waals surface area contributed by atoms with Crippen LogP contribution in [0.3, 0.4) is 0 Å². The maximum absolute atomic E-state index is 11.6. The molecule has 0 atom stereocenters. The normalized spacial score (nSPS) is 11.0. The van der Waals surface area contributed by atoms with Crippen molar-refractivity contribution in [3.63, 3.8) is 0 Å². The summed E-state index contributed by atoms with van der Waals surface area (Å²) in [6, 6.07) is 12.6. The van der Waals surface area contributed by atoms with E-state index in [9.17, 15) is 4.79 Å². The Kier molecular flexibility index (Phi) is 4.55. The molecule has 0 bridgehead atoms. The first-order valence-electron chi connectivity index (χ1n) is 5.94. The summed E-state index contributed by atoms with van der Waals surface area (Å²) in [5.74, 6) is 1.54. The van der Waals surface area contributed by atoms with Gasteiger partial charge >= 0.3 is 13.5 Å². The number of benzene rings is 2. The van der Waals surface area contributed by atoms with Crippen LogP contribution in [-0.4, -0.2) is 27.3 Å². The van der Waals surface area contributed by atoms with Crippen LogP contribution in [0.4, 0.5) is 0 Å². The predicted octanol–water partition coefficient (Wildman–Crippen LogP) is 2.37. The molecule has 21 heavy (non-hydrogen) atoms. The number of rotatable bonds is 5. The monoisotopic (exact) mass is 309 g/mol. The van der Waals surface area contributed by atoms with Crippen molar-refractivity contribution < 1.29 is 28.9 Å². The summed E-state index contributed by atoms with van der Waals surface area (Å²) < 4.78 is 10.6. The number of ether oxygens (including phenoxy) is 2. The van der Waals surface area contributed by atoms with Gasteiger partial charge in [-0.2, -0.15) is 14.7 Å². The second kappa shape index (κ2) is 6.20. The quantitative estimate of drug-likeness (QED) is 0.734. The van der Waals surface area contributed by atoms with Crippen molar-refractivity contribution in [1.29, 1.82) is 0 Å². The minimum atomic E-state index is -4.55. The molecular formula is C14H14O6P+. The molecule has 0 aromatic heterocycles. The third-order valence-corrected chi connectivity index (χ3v) is 3.45. The van der Waals surface area contributed by atoms with Gasteiger partial charge in [0, 0.05) is 0 Å². The average molecular weight is 309 g/mol. The van der Waals surface area contributed by atoms with Gasteiger partial charge < -0.3 is 9.47 Å². The Morgan fingerprint density at radius 3 is 2.14 bits per heavy atom. The summed E-state index contributed by atoms with van der Waals surface area (Å²) in [6.07, 6.45) is 0. The molecule has 3 N–H and O–H groups in total. The highest BCUT2D eigenvalue weighted by atomic mass is 31.2. The van der Waals surface area contributed by atoms with Crippen molar-refractivity contribution in [2.45, 2.75) is 0 Å². The van der Waals surface area contributed by atoms with E-state index in [0.717, 1.165) is 0 Å². The Bertz CT molecular complexity index is 633. The molecule has 0 saturated heterocycles. The molecule has 6 nitrogen and oxygen atoms in total. The lowest BCUT2D eigenvalue weighted by atomic mass is 10.2. The van der Waals surface area contributed by atoms with Gasteiger partial charge in [0.25, 0.3) is 0 Å². The second-order valence-electron chi connectivity index (χ2n) is 4.18. The molecule has 0 unspecified atom stereocenters. The van der Waals surface area contributed by atoms with E-state index in [4.69, 9.17) is 24.2 Å². The summed E-state index contributed by atoms with van der Waals surface area (Å²) in [7, 11) is -3.00. The number of carbonyl (C=O) groups excluding carboxylic acids is 1. The standard InChI is InChI=1S/C14H14O6P/c1-19-11-5-7-12(8-6-11)20-13-4-2-3-10(9-13)14(15)21(16,17)18/h2-9,16-18H,1H3/q+1. The van der Waals surface area contributed by atoms with Gasteiger partial charge in [0.2, 0.25) is 0 Å². The van der Waals surface area contributed by atoms with Gasteiger partial charge in [0.15, 0.2) is 0 Å². The molecule has 0 spiro atoms. The molecule has 2 rings (SSSR count). The van der Waals surface area contributed by atoms with Gasteiger partial charge in [-0.1, -0.05) is 6.07 Å². The minimum absolute atomic E-state index is 0.0400. The smallest absolute Gasteiger partial charge is 0.483 e. The van der Waals surface area contributed by atoms with Crippen LogP contribution in [0.1, 0.15) is 10.4 Å². The van der Waals surface area contributed by atoms with Gasteiger partial charge in [0.05, 0.1) is 12.7 Å². The van der Waals surface area contributed by atoms with Gasteiger partial charge in [-0.3, -0.25) is 0 Å². The maximum Gasteiger partial charge on any atom is 0.483 e. The van der Waals surface area contributed by atoms with Crippen molar-refractivity contribution in [3.05, 3.63) is 54.1 Å². The van der Waals surface area contributed by atoms with E-state index in [1.807, 2.05) is 0 Å². The molecule has 0 amide bonds. The molecule has 0 aliphatic carbocycles. The van der Waals surface area contributed by atoms with E-state index >= 15 is 0 Å². The van der Waals surface area contributed by atoms with E-state index in [2.05, 4.69) is 0 Å². The van der Waals surface area contributed by atoms with Crippen molar-refractivity contribution in [2.75, 3.05) is 7.11 Å². The van der Waals surface area contributed by atoms with E-state index in [1.165, 1.54) is 18.2 Å². The highest BCUT2D eigenvalue weighted by Crippen LogP contribution is 2.48. The van der Waals surface area contributed by atoms with Crippen LogP contribution < -0.4 is 9.47 Å². The zero-order valence-corrected chi connectivity index (χ0v) is 12.0. The minimum Gasteiger partial charge on any atom is -0.497 e. The fraction of sp³-hybridized carbons (Fsp3) is 0.0714. The van der Waals surface area contributed by atoms with Crippen molar-refractivity contribution >= 4 is 13.5 Å². The first-order chi connectivity index (χ1) is 9.90. The predicted molar refractivity (Wildman–Crippen MR) is 77.4 cm³/mol. The van der Waals surface area contributed by atoms with Crippen LogP contribution in [0.25, 0.3) is 0 Å². The molecule has 110 valence electrons. The highest BCUT2D eigenvalue weighted by molar-refractivity contribution is 7.76.